The molecule has 0 aromatic carbocycles. The van der Waals surface area contributed by atoms with E-state index in [1.807, 2.05) is 6.07 Å². The zero-order valence-electron chi connectivity index (χ0n) is 14.1. The maximum Gasteiger partial charge on any atom is 0.191 e. The second-order valence-corrected chi connectivity index (χ2v) is 8.54. The van der Waals surface area contributed by atoms with Crippen molar-refractivity contribution in [1.82, 2.24) is 10.6 Å². The van der Waals surface area contributed by atoms with Gasteiger partial charge in [0.1, 0.15) is 6.10 Å². The summed E-state index contributed by atoms with van der Waals surface area (Å²) in [6.07, 6.45) is 0.846. The van der Waals surface area contributed by atoms with E-state index in [2.05, 4.69) is 29.5 Å². The van der Waals surface area contributed by atoms with Gasteiger partial charge >= 0.3 is 0 Å². The smallest absolute Gasteiger partial charge is 0.191 e. The quantitative estimate of drug-likeness (QED) is 0.348. The van der Waals surface area contributed by atoms with Crippen LogP contribution in [0.15, 0.2) is 17.1 Å². The highest BCUT2D eigenvalue weighted by Crippen LogP contribution is 2.52. The minimum absolute atomic E-state index is 0. The first-order valence-corrected chi connectivity index (χ1v) is 9.15. The second-order valence-electron chi connectivity index (χ2n) is 6.80. The molecule has 0 bridgehead atoms. The summed E-state index contributed by atoms with van der Waals surface area (Å²) in [5.74, 6) is 1.26. The zero-order valence-corrected chi connectivity index (χ0v) is 18.0. The lowest BCUT2D eigenvalue weighted by molar-refractivity contribution is -0.106. The SMILES string of the molecule is CN=C(NCC(O)c1ccc(Cl)s1)NC1C2CCOC2C1(C)C.I. The number of aliphatic hydroxyl groups is 1. The third-order valence-electron chi connectivity index (χ3n) is 5.00. The van der Waals surface area contributed by atoms with E-state index < -0.39 is 6.10 Å². The fourth-order valence-corrected chi connectivity index (χ4v) is 4.81. The van der Waals surface area contributed by atoms with E-state index in [1.165, 1.54) is 11.3 Å². The van der Waals surface area contributed by atoms with E-state index in [4.69, 9.17) is 16.3 Å². The van der Waals surface area contributed by atoms with Gasteiger partial charge in [-0.2, -0.15) is 0 Å². The number of guanidine groups is 1. The number of hydrogen-bond acceptors (Lipinski definition) is 4. The molecule has 2 aliphatic rings. The number of thiophene rings is 1. The first-order chi connectivity index (χ1) is 10.9. The highest BCUT2D eigenvalue weighted by molar-refractivity contribution is 14.0. The number of nitrogens with zero attached hydrogens (tertiary/aromatic N) is 1. The summed E-state index contributed by atoms with van der Waals surface area (Å²) in [5.41, 5.74) is 0.0959. The van der Waals surface area contributed by atoms with Crippen molar-refractivity contribution in [2.45, 2.75) is 38.5 Å². The molecule has 136 valence electrons. The van der Waals surface area contributed by atoms with Gasteiger partial charge in [-0.05, 0) is 18.6 Å². The van der Waals surface area contributed by atoms with Gasteiger partial charge in [0.2, 0.25) is 0 Å². The van der Waals surface area contributed by atoms with Crippen LogP contribution in [0.3, 0.4) is 0 Å². The van der Waals surface area contributed by atoms with Crippen LogP contribution >= 0.6 is 46.9 Å². The van der Waals surface area contributed by atoms with Crippen molar-refractivity contribution in [3.63, 3.8) is 0 Å². The molecule has 8 heteroatoms. The number of fused-ring (bicyclic) bond motifs is 1. The first-order valence-electron chi connectivity index (χ1n) is 7.95. The van der Waals surface area contributed by atoms with E-state index in [-0.39, 0.29) is 29.4 Å². The lowest BCUT2D eigenvalue weighted by Crippen LogP contribution is -2.68. The van der Waals surface area contributed by atoms with E-state index in [9.17, 15) is 5.11 Å². The third kappa shape index (κ3) is 3.85. The molecule has 0 spiro atoms. The Hall–Kier alpha value is -0.0900. The second kappa shape index (κ2) is 8.07. The largest absolute Gasteiger partial charge is 0.386 e. The zero-order chi connectivity index (χ0) is 16.6. The Morgan fingerprint density at radius 2 is 2.29 bits per heavy atom. The summed E-state index contributed by atoms with van der Waals surface area (Å²) < 4.78 is 6.50. The van der Waals surface area contributed by atoms with Gasteiger partial charge in [-0.25, -0.2) is 0 Å². The Balaban J connectivity index is 0.00000208. The van der Waals surface area contributed by atoms with Gasteiger partial charge in [-0.3, -0.25) is 4.99 Å². The Kier molecular flexibility index (Phi) is 6.80. The maximum absolute atomic E-state index is 10.2. The lowest BCUT2D eigenvalue weighted by Gasteiger charge is -2.54. The molecule has 2 heterocycles. The van der Waals surface area contributed by atoms with Crippen molar-refractivity contribution in [1.29, 1.82) is 0 Å². The van der Waals surface area contributed by atoms with E-state index in [0.29, 0.717) is 28.9 Å². The normalized spacial score (nSPS) is 29.2. The minimum Gasteiger partial charge on any atom is -0.386 e. The number of rotatable bonds is 4. The van der Waals surface area contributed by atoms with Crippen LogP contribution in [0.25, 0.3) is 0 Å². The summed E-state index contributed by atoms with van der Waals surface area (Å²) in [4.78, 5) is 5.13. The molecule has 3 N–H and O–H groups in total. The standard InChI is InChI=1S/C16H24ClN3O2S.HI/c1-16(2)13(9-6-7-22-14(9)16)20-15(18-3)19-8-10(21)11-4-5-12(17)23-11;/h4-5,9-10,13-14,21H,6-8H2,1-3H3,(H2,18,19,20);1H. The number of ether oxygens (including phenoxy) is 1. The summed E-state index contributed by atoms with van der Waals surface area (Å²) in [6.45, 7) is 5.70. The molecule has 0 amide bonds. The molecule has 5 nitrogen and oxygen atoms in total. The fourth-order valence-electron chi connectivity index (χ4n) is 3.76. The number of nitrogens with one attached hydrogen (secondary N) is 2. The molecule has 24 heavy (non-hydrogen) atoms. The molecule has 2 fully saturated rings. The van der Waals surface area contributed by atoms with E-state index in [0.717, 1.165) is 23.9 Å². The summed E-state index contributed by atoms with van der Waals surface area (Å²) in [5, 5.41) is 16.9. The van der Waals surface area contributed by atoms with Gasteiger partial charge in [-0.1, -0.05) is 25.4 Å². The molecule has 4 atom stereocenters. The molecule has 1 saturated heterocycles. The molecule has 1 aliphatic heterocycles. The van der Waals surface area contributed by atoms with Gasteiger partial charge in [0.15, 0.2) is 5.96 Å². The number of aliphatic imine (C=N–C) groups is 1. The van der Waals surface area contributed by atoms with Crippen LogP contribution in [0, 0.1) is 11.3 Å². The maximum atomic E-state index is 10.2. The topological polar surface area (TPSA) is 65.9 Å². The Bertz CT molecular complexity index is 596. The molecule has 4 unspecified atom stereocenters. The Morgan fingerprint density at radius 1 is 1.54 bits per heavy atom. The summed E-state index contributed by atoms with van der Waals surface area (Å²) >= 11 is 7.31. The van der Waals surface area contributed by atoms with Crippen LogP contribution in [0.2, 0.25) is 4.34 Å². The van der Waals surface area contributed by atoms with Gasteiger partial charge in [-0.15, -0.1) is 35.3 Å². The molecular formula is C16H25ClIN3O2S. The van der Waals surface area contributed by atoms with Gasteiger partial charge in [0.25, 0.3) is 0 Å². The average Bonchev–Trinajstić information content (AvgIpc) is 3.14. The Labute approximate surface area is 169 Å². The lowest BCUT2D eigenvalue weighted by atomic mass is 9.57. The van der Waals surface area contributed by atoms with Gasteiger partial charge < -0.3 is 20.5 Å². The van der Waals surface area contributed by atoms with Gasteiger partial charge in [0.05, 0.1) is 10.4 Å². The third-order valence-corrected chi connectivity index (χ3v) is 6.33. The highest BCUT2D eigenvalue weighted by Gasteiger charge is 2.59. The van der Waals surface area contributed by atoms with E-state index in [1.54, 1.807) is 13.1 Å². The van der Waals surface area contributed by atoms with Crippen molar-refractivity contribution >= 4 is 52.9 Å². The highest BCUT2D eigenvalue weighted by atomic mass is 127. The predicted molar refractivity (Wildman–Crippen MR) is 110 cm³/mol. The predicted octanol–water partition coefficient (Wildman–Crippen LogP) is 3.03. The van der Waals surface area contributed by atoms with Crippen LogP contribution in [-0.4, -0.2) is 43.4 Å². The van der Waals surface area contributed by atoms with Crippen molar-refractivity contribution in [2.75, 3.05) is 20.2 Å². The monoisotopic (exact) mass is 485 g/mol. The van der Waals surface area contributed by atoms with Crippen molar-refractivity contribution in [3.05, 3.63) is 21.3 Å². The Morgan fingerprint density at radius 3 is 2.92 bits per heavy atom. The molecule has 1 aromatic rings. The van der Waals surface area contributed by atoms with Crippen LogP contribution in [0.4, 0.5) is 0 Å². The molecule has 1 aliphatic carbocycles. The number of hydrogen-bond donors (Lipinski definition) is 3. The molecule has 3 rings (SSSR count). The van der Waals surface area contributed by atoms with E-state index >= 15 is 0 Å². The average molecular weight is 486 g/mol. The molecule has 0 radical (unpaired) electrons. The van der Waals surface area contributed by atoms with Crippen LogP contribution in [-0.2, 0) is 4.74 Å². The minimum atomic E-state index is -0.594. The molecule has 1 saturated carbocycles. The molecular weight excluding hydrogens is 461 g/mol. The first kappa shape index (κ1) is 20.2. The summed E-state index contributed by atoms with van der Waals surface area (Å²) in [7, 11) is 1.75. The van der Waals surface area contributed by atoms with Crippen LogP contribution < -0.4 is 10.6 Å². The summed E-state index contributed by atoms with van der Waals surface area (Å²) in [6, 6.07) is 3.99. The van der Waals surface area contributed by atoms with Crippen molar-refractivity contribution < 1.29 is 9.84 Å². The van der Waals surface area contributed by atoms with Crippen LogP contribution in [0.5, 0.6) is 0 Å². The van der Waals surface area contributed by atoms with Crippen molar-refractivity contribution in [3.8, 4) is 0 Å². The molecule has 1 aromatic heterocycles. The number of aliphatic hydroxyl groups excluding tert-OH is 1. The fraction of sp³-hybridized carbons (Fsp3) is 0.688. The van der Waals surface area contributed by atoms with Crippen molar-refractivity contribution in [2.24, 2.45) is 16.3 Å². The van der Waals surface area contributed by atoms with Crippen LogP contribution in [0.1, 0.15) is 31.2 Å². The van der Waals surface area contributed by atoms with Gasteiger partial charge in [0, 0.05) is 42.5 Å². The number of halogens is 2.